The van der Waals surface area contributed by atoms with Gasteiger partial charge in [-0.25, -0.2) is 0 Å². The van der Waals surface area contributed by atoms with Crippen molar-refractivity contribution in [2.75, 3.05) is 26.8 Å². The standard InChI is InChI=1S/C29H56N4O5/c1-3-4-5-6-7-8-9-10-11-12-13-14-15-16-22-38-28(36)25(19-20-27(35)37-2)23-33-26(24-34)18-17-21-32-29(30)31/h24-26,33H,3-23H2,1-2H3,(H4,30,31,32)/t25?,26-/m0/s1. The molecule has 0 amide bonds. The molecule has 0 aromatic carbocycles. The maximum atomic E-state index is 12.7. The van der Waals surface area contributed by atoms with Gasteiger partial charge in [0.2, 0.25) is 0 Å². The van der Waals surface area contributed by atoms with E-state index in [4.69, 9.17) is 20.9 Å². The summed E-state index contributed by atoms with van der Waals surface area (Å²) in [5.74, 6) is -1.23. The van der Waals surface area contributed by atoms with Crippen LogP contribution in [0.15, 0.2) is 4.99 Å². The lowest BCUT2D eigenvalue weighted by molar-refractivity contribution is -0.149. The molecule has 0 aliphatic carbocycles. The van der Waals surface area contributed by atoms with Gasteiger partial charge in [-0.15, -0.1) is 0 Å². The van der Waals surface area contributed by atoms with Crippen LogP contribution >= 0.6 is 0 Å². The zero-order valence-corrected chi connectivity index (χ0v) is 24.2. The lowest BCUT2D eigenvalue weighted by atomic mass is 10.0. The minimum atomic E-state index is -0.527. The molecule has 9 heteroatoms. The molecular weight excluding hydrogens is 484 g/mol. The number of esters is 2. The van der Waals surface area contributed by atoms with Crippen LogP contribution in [0.1, 0.15) is 122 Å². The van der Waals surface area contributed by atoms with E-state index in [2.05, 4.69) is 17.2 Å². The van der Waals surface area contributed by atoms with Gasteiger partial charge in [0.25, 0.3) is 0 Å². The van der Waals surface area contributed by atoms with Crippen molar-refractivity contribution in [3.8, 4) is 0 Å². The van der Waals surface area contributed by atoms with Gasteiger partial charge in [0, 0.05) is 19.5 Å². The topological polar surface area (TPSA) is 146 Å². The average Bonchev–Trinajstić information content (AvgIpc) is 2.91. The van der Waals surface area contributed by atoms with Gasteiger partial charge in [-0.1, -0.05) is 90.4 Å². The lowest BCUT2D eigenvalue weighted by Crippen LogP contribution is -2.38. The molecule has 0 radical (unpaired) electrons. The van der Waals surface area contributed by atoms with E-state index in [1.165, 1.54) is 77.7 Å². The molecule has 0 fully saturated rings. The zero-order chi connectivity index (χ0) is 28.3. The summed E-state index contributed by atoms with van der Waals surface area (Å²) in [7, 11) is 1.32. The van der Waals surface area contributed by atoms with Crippen LogP contribution < -0.4 is 16.8 Å². The SMILES string of the molecule is CCCCCCCCCCCCCCCCOC(=O)C(CCC(=O)OC)CN[C@H](C=O)CCCN=C(N)N. The first-order valence-electron chi connectivity index (χ1n) is 14.9. The van der Waals surface area contributed by atoms with Gasteiger partial charge in [0.1, 0.15) is 6.29 Å². The Balaban J connectivity index is 4.09. The number of nitrogens with two attached hydrogens (primary N) is 2. The zero-order valence-electron chi connectivity index (χ0n) is 24.2. The van der Waals surface area contributed by atoms with Gasteiger partial charge in [-0.3, -0.25) is 14.6 Å². The molecule has 0 bridgehead atoms. The molecule has 9 nitrogen and oxygen atoms in total. The van der Waals surface area contributed by atoms with Crippen molar-refractivity contribution in [3.05, 3.63) is 0 Å². The molecule has 1 unspecified atom stereocenters. The number of unbranched alkanes of at least 4 members (excludes halogenated alkanes) is 13. The molecule has 0 aromatic heterocycles. The van der Waals surface area contributed by atoms with Gasteiger partial charge in [-0.2, -0.15) is 0 Å². The van der Waals surface area contributed by atoms with Gasteiger partial charge in [0.05, 0.1) is 25.7 Å². The molecular formula is C29H56N4O5. The number of guanidine groups is 1. The van der Waals surface area contributed by atoms with Gasteiger partial charge < -0.3 is 31.1 Å². The van der Waals surface area contributed by atoms with Crippen LogP contribution in [0, 0.1) is 5.92 Å². The molecule has 0 saturated heterocycles. The summed E-state index contributed by atoms with van der Waals surface area (Å²) in [5, 5.41) is 3.10. The number of rotatable bonds is 27. The second-order valence-electron chi connectivity index (χ2n) is 10.2. The summed E-state index contributed by atoms with van der Waals surface area (Å²) < 4.78 is 10.2. The van der Waals surface area contributed by atoms with Crippen molar-refractivity contribution >= 4 is 24.2 Å². The predicted octanol–water partition coefficient (Wildman–Crippen LogP) is 4.79. The van der Waals surface area contributed by atoms with Crippen LogP contribution in [0.4, 0.5) is 0 Å². The fraction of sp³-hybridized carbons (Fsp3) is 0.862. The molecule has 0 heterocycles. The second-order valence-corrected chi connectivity index (χ2v) is 10.2. The Kier molecular flexibility index (Phi) is 24.9. The predicted molar refractivity (Wildman–Crippen MR) is 154 cm³/mol. The van der Waals surface area contributed by atoms with E-state index >= 15 is 0 Å². The van der Waals surface area contributed by atoms with Crippen LogP contribution in [0.25, 0.3) is 0 Å². The van der Waals surface area contributed by atoms with E-state index in [1.807, 2.05) is 0 Å². The van der Waals surface area contributed by atoms with E-state index in [-0.39, 0.29) is 30.9 Å². The highest BCUT2D eigenvalue weighted by Gasteiger charge is 2.22. The van der Waals surface area contributed by atoms with Crippen molar-refractivity contribution in [1.82, 2.24) is 5.32 Å². The number of ether oxygens (including phenoxy) is 2. The first-order valence-corrected chi connectivity index (χ1v) is 14.9. The Hall–Kier alpha value is -2.16. The third-order valence-corrected chi connectivity index (χ3v) is 6.76. The van der Waals surface area contributed by atoms with Crippen LogP contribution in [-0.2, 0) is 23.9 Å². The summed E-state index contributed by atoms with van der Waals surface area (Å²) in [6.45, 7) is 3.31. The second kappa shape index (κ2) is 26.4. The van der Waals surface area contributed by atoms with Gasteiger partial charge in [-0.05, 0) is 25.7 Å². The number of carbonyl (C=O) groups excluding carboxylic acids is 3. The Bertz CT molecular complexity index is 626. The number of hydrogen-bond donors (Lipinski definition) is 3. The number of aliphatic imine (C=N–C) groups is 1. The number of nitrogens with one attached hydrogen (secondary N) is 1. The Morgan fingerprint density at radius 1 is 0.842 bits per heavy atom. The van der Waals surface area contributed by atoms with Crippen molar-refractivity contribution in [2.45, 2.75) is 129 Å². The number of carbonyl (C=O) groups is 3. The van der Waals surface area contributed by atoms with Crippen molar-refractivity contribution in [3.63, 3.8) is 0 Å². The van der Waals surface area contributed by atoms with E-state index < -0.39 is 12.0 Å². The third-order valence-electron chi connectivity index (χ3n) is 6.76. The first kappa shape index (κ1) is 35.8. The van der Waals surface area contributed by atoms with Gasteiger partial charge >= 0.3 is 11.9 Å². The molecule has 0 aliphatic heterocycles. The molecule has 222 valence electrons. The smallest absolute Gasteiger partial charge is 0.310 e. The average molecular weight is 541 g/mol. The van der Waals surface area contributed by atoms with Crippen LogP contribution in [0.2, 0.25) is 0 Å². The quantitative estimate of drug-likeness (QED) is 0.0443. The maximum absolute atomic E-state index is 12.7. The molecule has 0 aliphatic rings. The number of hydrogen-bond acceptors (Lipinski definition) is 7. The summed E-state index contributed by atoms with van der Waals surface area (Å²) in [6, 6.07) is -0.427. The molecule has 0 rings (SSSR count). The monoisotopic (exact) mass is 540 g/mol. The fourth-order valence-electron chi connectivity index (χ4n) is 4.32. The van der Waals surface area contributed by atoms with Crippen molar-refractivity contribution in [2.24, 2.45) is 22.4 Å². The van der Waals surface area contributed by atoms with E-state index in [1.54, 1.807) is 0 Å². The number of methoxy groups -OCH3 is 1. The molecule has 0 aromatic rings. The summed E-state index contributed by atoms with van der Waals surface area (Å²) in [6.07, 6.45) is 20.2. The molecule has 5 N–H and O–H groups in total. The number of aldehydes is 1. The van der Waals surface area contributed by atoms with E-state index in [9.17, 15) is 14.4 Å². The molecule has 0 spiro atoms. The minimum absolute atomic E-state index is 0.0186. The minimum Gasteiger partial charge on any atom is -0.469 e. The normalized spacial score (nSPS) is 12.5. The highest BCUT2D eigenvalue weighted by Crippen LogP contribution is 2.14. The Morgan fingerprint density at radius 2 is 1.39 bits per heavy atom. The molecule has 38 heavy (non-hydrogen) atoms. The maximum Gasteiger partial charge on any atom is 0.310 e. The molecule has 0 saturated carbocycles. The summed E-state index contributed by atoms with van der Waals surface area (Å²) in [4.78, 5) is 39.6. The van der Waals surface area contributed by atoms with E-state index in [0.717, 1.165) is 25.5 Å². The number of nitrogens with zero attached hydrogens (tertiary/aromatic N) is 1. The highest BCUT2D eigenvalue weighted by molar-refractivity contribution is 5.75. The Morgan fingerprint density at radius 3 is 1.89 bits per heavy atom. The fourth-order valence-corrected chi connectivity index (χ4v) is 4.32. The highest BCUT2D eigenvalue weighted by atomic mass is 16.5. The van der Waals surface area contributed by atoms with Crippen LogP contribution in [-0.4, -0.2) is 57.0 Å². The summed E-state index contributed by atoms with van der Waals surface area (Å²) >= 11 is 0. The van der Waals surface area contributed by atoms with Crippen molar-refractivity contribution in [1.29, 1.82) is 0 Å². The summed E-state index contributed by atoms with van der Waals surface area (Å²) in [5.41, 5.74) is 10.6. The van der Waals surface area contributed by atoms with Crippen molar-refractivity contribution < 1.29 is 23.9 Å². The van der Waals surface area contributed by atoms with E-state index in [0.29, 0.717) is 32.4 Å². The van der Waals surface area contributed by atoms with Gasteiger partial charge in [0.15, 0.2) is 5.96 Å². The third kappa shape index (κ3) is 23.0. The lowest BCUT2D eigenvalue weighted by Gasteiger charge is -2.19. The molecule has 2 atom stereocenters. The Labute approximate surface area is 231 Å². The van der Waals surface area contributed by atoms with Crippen LogP contribution in [0.5, 0.6) is 0 Å². The largest absolute Gasteiger partial charge is 0.469 e. The first-order chi connectivity index (χ1) is 18.4. The van der Waals surface area contributed by atoms with Crippen LogP contribution in [0.3, 0.4) is 0 Å².